The number of fused-ring (bicyclic) bond motifs is 6. The average molecular weight is 705 g/mol. The highest BCUT2D eigenvalue weighted by Crippen LogP contribution is 2.48. The Bertz CT molecular complexity index is 2800. The number of anilines is 6. The third-order valence-electron chi connectivity index (χ3n) is 11.4. The van der Waals surface area contributed by atoms with Crippen LogP contribution < -0.4 is 9.80 Å². The van der Waals surface area contributed by atoms with Crippen LogP contribution in [0.2, 0.25) is 0 Å². The molecule has 0 saturated carbocycles. The van der Waals surface area contributed by atoms with E-state index in [-0.39, 0.29) is 5.41 Å². The smallest absolute Gasteiger partial charge is 0.0540 e. The summed E-state index contributed by atoms with van der Waals surface area (Å²) in [7, 11) is 0. The van der Waals surface area contributed by atoms with Gasteiger partial charge in [0.1, 0.15) is 0 Å². The van der Waals surface area contributed by atoms with Crippen LogP contribution in [0.15, 0.2) is 206 Å². The first kappa shape index (κ1) is 32.7. The van der Waals surface area contributed by atoms with Gasteiger partial charge in [0, 0.05) is 39.4 Å². The highest BCUT2D eigenvalue weighted by atomic mass is 15.1. The van der Waals surface area contributed by atoms with E-state index in [9.17, 15) is 0 Å². The van der Waals surface area contributed by atoms with Crippen LogP contribution in [0.25, 0.3) is 43.8 Å². The monoisotopic (exact) mass is 704 g/mol. The van der Waals surface area contributed by atoms with Crippen molar-refractivity contribution in [1.82, 2.24) is 0 Å². The maximum atomic E-state index is 2.44. The maximum absolute atomic E-state index is 2.44. The van der Waals surface area contributed by atoms with Gasteiger partial charge in [0.15, 0.2) is 0 Å². The van der Waals surface area contributed by atoms with Crippen LogP contribution in [-0.2, 0) is 5.41 Å². The molecule has 55 heavy (non-hydrogen) atoms. The molecule has 0 fully saturated rings. The molecule has 2 nitrogen and oxygen atoms in total. The third-order valence-corrected chi connectivity index (χ3v) is 11.4. The van der Waals surface area contributed by atoms with Crippen molar-refractivity contribution in [2.45, 2.75) is 19.3 Å². The van der Waals surface area contributed by atoms with Crippen molar-refractivity contribution in [1.29, 1.82) is 0 Å². The Morgan fingerprint density at radius 1 is 0.382 bits per heavy atom. The van der Waals surface area contributed by atoms with Crippen LogP contribution in [-0.4, -0.2) is 0 Å². The predicted octanol–water partition coefficient (Wildman–Crippen LogP) is 14.9. The average Bonchev–Trinajstić information content (AvgIpc) is 3.25. The molecule has 0 amide bonds. The van der Waals surface area contributed by atoms with Crippen molar-refractivity contribution in [3.05, 3.63) is 217 Å². The van der Waals surface area contributed by atoms with Gasteiger partial charge in [0.05, 0.1) is 5.69 Å². The summed E-state index contributed by atoms with van der Waals surface area (Å²) in [5.74, 6) is 0. The molecule has 0 aliphatic carbocycles. The van der Waals surface area contributed by atoms with Gasteiger partial charge < -0.3 is 9.80 Å². The zero-order chi connectivity index (χ0) is 36.9. The second-order valence-electron chi connectivity index (χ2n) is 15.0. The SMILES string of the molecule is CC1(C)c2cccc(c2)N(c2ccccc2)c2ccc(-c3cc(N(c4ccccc4)c4ccccc4)cc4ccccc34)cc2-c2cccc3ccc1cc23. The highest BCUT2D eigenvalue weighted by molar-refractivity contribution is 6.06. The van der Waals surface area contributed by atoms with Crippen molar-refractivity contribution in [3.63, 3.8) is 0 Å². The van der Waals surface area contributed by atoms with Gasteiger partial charge in [-0.15, -0.1) is 0 Å². The van der Waals surface area contributed by atoms with Gasteiger partial charge in [-0.05, 0) is 128 Å². The van der Waals surface area contributed by atoms with E-state index >= 15 is 0 Å². The van der Waals surface area contributed by atoms with Crippen molar-refractivity contribution >= 4 is 55.7 Å². The van der Waals surface area contributed by atoms with Gasteiger partial charge in [0.25, 0.3) is 0 Å². The van der Waals surface area contributed by atoms with E-state index in [0.29, 0.717) is 0 Å². The predicted molar refractivity (Wildman–Crippen MR) is 234 cm³/mol. The molecular weight excluding hydrogens is 665 g/mol. The molecule has 0 aromatic heterocycles. The summed E-state index contributed by atoms with van der Waals surface area (Å²) < 4.78 is 0. The van der Waals surface area contributed by atoms with Gasteiger partial charge >= 0.3 is 0 Å². The van der Waals surface area contributed by atoms with Crippen LogP contribution in [0.3, 0.4) is 0 Å². The van der Waals surface area contributed by atoms with Crippen LogP contribution in [0.4, 0.5) is 34.1 Å². The summed E-state index contributed by atoms with van der Waals surface area (Å²) in [5.41, 5.74) is 13.9. The Labute approximate surface area is 323 Å². The van der Waals surface area contributed by atoms with Gasteiger partial charge in [-0.2, -0.15) is 0 Å². The number of hydrogen-bond acceptors (Lipinski definition) is 2. The summed E-state index contributed by atoms with van der Waals surface area (Å²) in [5, 5.41) is 4.91. The Balaban J connectivity index is 1.27. The minimum Gasteiger partial charge on any atom is -0.310 e. The maximum Gasteiger partial charge on any atom is 0.0540 e. The molecule has 0 N–H and O–H groups in total. The van der Waals surface area contributed by atoms with Crippen LogP contribution in [0.1, 0.15) is 25.0 Å². The molecule has 0 atom stereocenters. The fourth-order valence-electron chi connectivity index (χ4n) is 8.48. The first-order valence-corrected chi connectivity index (χ1v) is 19.1. The lowest BCUT2D eigenvalue weighted by molar-refractivity contribution is 0.642. The first-order chi connectivity index (χ1) is 27.0. The van der Waals surface area contributed by atoms with Crippen LogP contribution >= 0.6 is 0 Å². The molecule has 1 aliphatic rings. The normalized spacial score (nSPS) is 13.0. The number of rotatable bonds is 5. The topological polar surface area (TPSA) is 6.48 Å². The Morgan fingerprint density at radius 3 is 1.78 bits per heavy atom. The largest absolute Gasteiger partial charge is 0.310 e. The second kappa shape index (κ2) is 13.2. The lowest BCUT2D eigenvalue weighted by Crippen LogP contribution is -2.19. The molecule has 1 aliphatic heterocycles. The lowest BCUT2D eigenvalue weighted by atomic mass is 9.77. The van der Waals surface area contributed by atoms with Gasteiger partial charge in [-0.1, -0.05) is 141 Å². The summed E-state index contributed by atoms with van der Waals surface area (Å²) in [4.78, 5) is 4.80. The van der Waals surface area contributed by atoms with E-state index < -0.39 is 0 Å². The summed E-state index contributed by atoms with van der Waals surface area (Å²) in [6, 6.07) is 75.6. The summed E-state index contributed by atoms with van der Waals surface area (Å²) in [6.07, 6.45) is 0. The lowest BCUT2D eigenvalue weighted by Gasteiger charge is -2.30. The fraction of sp³-hybridized carbons (Fsp3) is 0.0566. The number of nitrogens with zero attached hydrogens (tertiary/aromatic N) is 2. The standard InChI is InChI=1S/C53H40N2/c1-53(2)40-18-15-25-45(34-40)55(44-23-10-5-11-24-44)52-31-29-39(33-51(52)48-27-14-17-37-28-30-41(53)35-49(37)48)50-36-46(32-38-16-12-13-26-47(38)50)54(42-19-6-3-7-20-42)43-21-8-4-9-22-43/h3-36H,1-2H3. The van der Waals surface area contributed by atoms with Crippen LogP contribution in [0, 0.1) is 0 Å². The summed E-state index contributed by atoms with van der Waals surface area (Å²) >= 11 is 0. The quantitative estimate of drug-likeness (QED) is 0.176. The minimum absolute atomic E-state index is 0.204. The Morgan fingerprint density at radius 2 is 1.02 bits per heavy atom. The second-order valence-corrected chi connectivity index (χ2v) is 15.0. The van der Waals surface area contributed by atoms with E-state index in [1.54, 1.807) is 0 Å². The number of hydrogen-bond donors (Lipinski definition) is 0. The highest BCUT2D eigenvalue weighted by Gasteiger charge is 2.28. The molecule has 0 spiro atoms. The molecule has 9 aromatic rings. The molecule has 0 radical (unpaired) electrons. The molecule has 9 aromatic carbocycles. The zero-order valence-electron chi connectivity index (χ0n) is 31.0. The van der Waals surface area contributed by atoms with E-state index in [4.69, 9.17) is 0 Å². The zero-order valence-corrected chi connectivity index (χ0v) is 31.0. The van der Waals surface area contributed by atoms with E-state index in [2.05, 4.69) is 230 Å². The van der Waals surface area contributed by atoms with Crippen molar-refractivity contribution in [2.75, 3.05) is 9.80 Å². The van der Waals surface area contributed by atoms with Crippen molar-refractivity contribution in [2.24, 2.45) is 0 Å². The van der Waals surface area contributed by atoms with Gasteiger partial charge in [-0.25, -0.2) is 0 Å². The first-order valence-electron chi connectivity index (χ1n) is 19.1. The van der Waals surface area contributed by atoms with E-state index in [0.717, 1.165) is 34.1 Å². The van der Waals surface area contributed by atoms with Crippen molar-refractivity contribution in [3.8, 4) is 22.3 Å². The molecule has 4 bridgehead atoms. The van der Waals surface area contributed by atoms with Gasteiger partial charge in [-0.3, -0.25) is 0 Å². The number of para-hydroxylation sites is 3. The minimum atomic E-state index is -0.204. The van der Waals surface area contributed by atoms with Gasteiger partial charge in [0.2, 0.25) is 0 Å². The fourth-order valence-corrected chi connectivity index (χ4v) is 8.48. The third kappa shape index (κ3) is 5.66. The van der Waals surface area contributed by atoms with Crippen LogP contribution in [0.5, 0.6) is 0 Å². The molecular formula is C53H40N2. The number of benzene rings is 9. The molecule has 1 heterocycles. The van der Waals surface area contributed by atoms with E-state index in [1.165, 1.54) is 54.9 Å². The molecule has 10 rings (SSSR count). The molecule has 0 saturated heterocycles. The molecule has 2 heteroatoms. The Hall–Kier alpha value is -6.90. The summed E-state index contributed by atoms with van der Waals surface area (Å²) in [6.45, 7) is 4.69. The Kier molecular flexibility index (Phi) is 7.85. The van der Waals surface area contributed by atoms with E-state index in [1.807, 2.05) is 0 Å². The molecule has 0 unspecified atom stereocenters. The molecule has 262 valence electrons. The van der Waals surface area contributed by atoms with Crippen molar-refractivity contribution < 1.29 is 0 Å².